The molecule has 170 valence electrons. The van der Waals surface area contributed by atoms with Crippen LogP contribution in [0.5, 0.6) is 0 Å². The van der Waals surface area contributed by atoms with Crippen LogP contribution in [0, 0.1) is 11.7 Å². The van der Waals surface area contributed by atoms with Crippen molar-refractivity contribution >= 4 is 5.91 Å². The van der Waals surface area contributed by atoms with Gasteiger partial charge in [-0.15, -0.1) is 0 Å². The Kier molecular flexibility index (Phi) is 5.13. The Labute approximate surface area is 180 Å². The molecule has 2 saturated heterocycles. The zero-order chi connectivity index (χ0) is 22.5. The number of nitrogens with zero attached hydrogens (tertiary/aromatic N) is 3. The molecule has 1 amide bonds. The minimum atomic E-state index is -4.79. The van der Waals surface area contributed by atoms with Crippen LogP contribution in [0.1, 0.15) is 30.2 Å². The van der Waals surface area contributed by atoms with Crippen LogP contribution in [0.25, 0.3) is 11.4 Å². The molecule has 0 radical (unpaired) electrons. The average Bonchev–Trinajstić information content (AvgIpc) is 3.40. The standard InChI is InChI=1S/C20H20F4N6O2/c21-14-7-11(1-2-13(14)20(22,23)24)17-28-19(32-29-17)12-9-26-30-15(8-16(31)27-18(12)30)10-3-5-25-6-4-10/h1-2,7-8,10,12,18,25-26H,3-6,9H2,(H,27,31). The van der Waals surface area contributed by atoms with Gasteiger partial charge in [0.1, 0.15) is 12.0 Å². The first-order valence-corrected chi connectivity index (χ1v) is 10.3. The molecule has 0 bridgehead atoms. The summed E-state index contributed by atoms with van der Waals surface area (Å²) in [5, 5.41) is 11.9. The van der Waals surface area contributed by atoms with Gasteiger partial charge in [-0.2, -0.15) is 18.2 Å². The largest absolute Gasteiger partial charge is 0.419 e. The summed E-state index contributed by atoms with van der Waals surface area (Å²) in [6.07, 6.45) is -1.80. The van der Waals surface area contributed by atoms with E-state index < -0.39 is 23.7 Å². The van der Waals surface area contributed by atoms with E-state index in [-0.39, 0.29) is 35.0 Å². The lowest BCUT2D eigenvalue weighted by atomic mass is 9.92. The maximum absolute atomic E-state index is 13.9. The number of carbonyl (C=O) groups excluding carboxylic acids is 1. The molecule has 2 unspecified atom stereocenters. The molecule has 0 spiro atoms. The van der Waals surface area contributed by atoms with Crippen molar-refractivity contribution in [2.75, 3.05) is 19.6 Å². The van der Waals surface area contributed by atoms with Gasteiger partial charge in [0, 0.05) is 29.8 Å². The molecule has 2 fully saturated rings. The molecule has 1 aromatic heterocycles. The Morgan fingerprint density at radius 1 is 1.19 bits per heavy atom. The number of piperidine rings is 1. The molecule has 3 N–H and O–H groups in total. The van der Waals surface area contributed by atoms with Gasteiger partial charge in [0.15, 0.2) is 0 Å². The molecule has 2 atom stereocenters. The molecule has 3 aliphatic heterocycles. The highest BCUT2D eigenvalue weighted by Crippen LogP contribution is 2.36. The number of halogens is 4. The summed E-state index contributed by atoms with van der Waals surface area (Å²) in [6, 6.07) is 2.48. The van der Waals surface area contributed by atoms with Crippen molar-refractivity contribution in [3.05, 3.63) is 47.2 Å². The summed E-state index contributed by atoms with van der Waals surface area (Å²) in [6.45, 7) is 2.17. The highest BCUT2D eigenvalue weighted by molar-refractivity contribution is 5.89. The van der Waals surface area contributed by atoms with Gasteiger partial charge in [-0.05, 0) is 38.1 Å². The van der Waals surface area contributed by atoms with E-state index in [4.69, 9.17) is 4.52 Å². The van der Waals surface area contributed by atoms with Crippen molar-refractivity contribution in [1.82, 2.24) is 31.2 Å². The highest BCUT2D eigenvalue weighted by atomic mass is 19.4. The lowest BCUT2D eigenvalue weighted by molar-refractivity contribution is -0.140. The number of aromatic nitrogens is 2. The predicted octanol–water partition coefficient (Wildman–Crippen LogP) is 2.14. The number of amides is 1. The van der Waals surface area contributed by atoms with Gasteiger partial charge in [0.05, 0.1) is 11.5 Å². The maximum atomic E-state index is 13.9. The number of alkyl halides is 3. The van der Waals surface area contributed by atoms with Crippen molar-refractivity contribution in [2.24, 2.45) is 5.92 Å². The van der Waals surface area contributed by atoms with E-state index in [0.29, 0.717) is 12.6 Å². The molecular formula is C20H20F4N6O2. The normalized spacial score (nSPS) is 24.3. The van der Waals surface area contributed by atoms with Crippen molar-refractivity contribution < 1.29 is 26.9 Å². The third-order valence-corrected chi connectivity index (χ3v) is 6.04. The van der Waals surface area contributed by atoms with Gasteiger partial charge in [0.25, 0.3) is 0 Å². The first-order chi connectivity index (χ1) is 15.3. The quantitative estimate of drug-likeness (QED) is 0.615. The SMILES string of the molecule is O=C1C=C(C2CCNCC2)N2NCC(c3nc(-c4ccc(C(F)(F)F)c(F)c4)no3)C2N1. The minimum Gasteiger partial charge on any atom is -0.338 e. The van der Waals surface area contributed by atoms with Crippen LogP contribution < -0.4 is 16.1 Å². The Bertz CT molecular complexity index is 1060. The molecule has 0 aliphatic carbocycles. The molecule has 5 rings (SSSR count). The smallest absolute Gasteiger partial charge is 0.338 e. The fourth-order valence-corrected chi connectivity index (χ4v) is 4.44. The lowest BCUT2D eigenvalue weighted by Crippen LogP contribution is -2.53. The van der Waals surface area contributed by atoms with Crippen LogP contribution in [0.15, 0.2) is 34.5 Å². The zero-order valence-electron chi connectivity index (χ0n) is 16.7. The highest BCUT2D eigenvalue weighted by Gasteiger charge is 2.44. The van der Waals surface area contributed by atoms with Crippen LogP contribution in [-0.2, 0) is 11.0 Å². The Morgan fingerprint density at radius 3 is 2.69 bits per heavy atom. The van der Waals surface area contributed by atoms with Crippen LogP contribution in [0.4, 0.5) is 17.6 Å². The predicted molar refractivity (Wildman–Crippen MR) is 103 cm³/mol. The number of benzene rings is 1. The van der Waals surface area contributed by atoms with E-state index in [1.807, 2.05) is 5.01 Å². The molecule has 32 heavy (non-hydrogen) atoms. The monoisotopic (exact) mass is 452 g/mol. The van der Waals surface area contributed by atoms with E-state index in [0.717, 1.165) is 43.8 Å². The minimum absolute atomic E-state index is 0.0256. The average molecular weight is 452 g/mol. The van der Waals surface area contributed by atoms with Crippen LogP contribution in [0.3, 0.4) is 0 Å². The Balaban J connectivity index is 1.38. The van der Waals surface area contributed by atoms with Gasteiger partial charge >= 0.3 is 6.18 Å². The second-order valence-electron chi connectivity index (χ2n) is 8.03. The summed E-state index contributed by atoms with van der Waals surface area (Å²) < 4.78 is 57.7. The van der Waals surface area contributed by atoms with Gasteiger partial charge < -0.3 is 15.2 Å². The van der Waals surface area contributed by atoms with Crippen molar-refractivity contribution in [2.45, 2.75) is 31.1 Å². The molecule has 2 aromatic rings. The molecule has 3 aliphatic rings. The number of hydrogen-bond acceptors (Lipinski definition) is 7. The van der Waals surface area contributed by atoms with Crippen molar-refractivity contribution in [3.63, 3.8) is 0 Å². The lowest BCUT2D eigenvalue weighted by Gasteiger charge is -2.38. The van der Waals surface area contributed by atoms with Gasteiger partial charge in [0.2, 0.25) is 17.6 Å². The van der Waals surface area contributed by atoms with Crippen LogP contribution >= 0.6 is 0 Å². The summed E-state index contributed by atoms with van der Waals surface area (Å²) in [5.41, 5.74) is 2.89. The van der Waals surface area contributed by atoms with Crippen LogP contribution in [0.2, 0.25) is 0 Å². The fraction of sp³-hybridized carbons (Fsp3) is 0.450. The molecule has 4 heterocycles. The van der Waals surface area contributed by atoms with Crippen molar-refractivity contribution in [1.29, 1.82) is 0 Å². The fourth-order valence-electron chi connectivity index (χ4n) is 4.44. The maximum Gasteiger partial charge on any atom is 0.419 e. The Hall–Kier alpha value is -2.99. The second kappa shape index (κ2) is 7.85. The summed E-state index contributed by atoms with van der Waals surface area (Å²) in [4.78, 5) is 16.6. The number of hydrazine groups is 1. The van der Waals surface area contributed by atoms with Gasteiger partial charge in [-0.1, -0.05) is 11.2 Å². The van der Waals surface area contributed by atoms with Gasteiger partial charge in [-0.25, -0.2) is 9.82 Å². The molecule has 12 heteroatoms. The number of carbonyl (C=O) groups is 1. The third-order valence-electron chi connectivity index (χ3n) is 6.04. The molecular weight excluding hydrogens is 432 g/mol. The number of hydrogen-bond donors (Lipinski definition) is 3. The van der Waals surface area contributed by atoms with Gasteiger partial charge in [-0.3, -0.25) is 9.80 Å². The Morgan fingerprint density at radius 2 is 1.97 bits per heavy atom. The number of fused-ring (bicyclic) bond motifs is 1. The summed E-state index contributed by atoms with van der Waals surface area (Å²) in [5.74, 6) is -1.59. The van der Waals surface area contributed by atoms with E-state index in [2.05, 4.69) is 26.2 Å². The molecule has 0 saturated carbocycles. The van der Waals surface area contributed by atoms with Crippen molar-refractivity contribution in [3.8, 4) is 11.4 Å². The first kappa shape index (κ1) is 20.9. The van der Waals surface area contributed by atoms with E-state index in [1.54, 1.807) is 6.08 Å². The number of rotatable bonds is 3. The topological polar surface area (TPSA) is 95.3 Å². The number of allylic oxidation sites excluding steroid dienone is 1. The third kappa shape index (κ3) is 3.73. The summed E-state index contributed by atoms with van der Waals surface area (Å²) in [7, 11) is 0. The van der Waals surface area contributed by atoms with E-state index in [1.165, 1.54) is 0 Å². The molecule has 8 nitrogen and oxygen atoms in total. The molecule has 1 aromatic carbocycles. The second-order valence-corrected chi connectivity index (χ2v) is 8.03. The van der Waals surface area contributed by atoms with E-state index >= 15 is 0 Å². The first-order valence-electron chi connectivity index (χ1n) is 10.3. The van der Waals surface area contributed by atoms with E-state index in [9.17, 15) is 22.4 Å². The number of nitrogens with one attached hydrogen (secondary N) is 3. The zero-order valence-corrected chi connectivity index (χ0v) is 16.7. The summed E-state index contributed by atoms with van der Waals surface area (Å²) >= 11 is 0. The van der Waals surface area contributed by atoms with Crippen LogP contribution in [-0.4, -0.2) is 46.9 Å².